The van der Waals surface area contributed by atoms with Gasteiger partial charge in [0.05, 0.1) is 17.8 Å². The van der Waals surface area contributed by atoms with E-state index in [2.05, 4.69) is 14.8 Å². The number of hydrogen-bond donors (Lipinski definition) is 1. The summed E-state index contributed by atoms with van der Waals surface area (Å²) in [4.78, 5) is 22.5. The first-order valence-electron chi connectivity index (χ1n) is 7.86. The largest absolute Gasteiger partial charge is 0.586 e. The molecule has 8 nitrogen and oxygen atoms in total. The molecular weight excluding hydrogens is 398 g/mol. The highest BCUT2D eigenvalue weighted by molar-refractivity contribution is 7.99. The molecule has 0 radical (unpaired) electrons. The van der Waals surface area contributed by atoms with E-state index >= 15 is 0 Å². The van der Waals surface area contributed by atoms with Crippen LogP contribution in [0.25, 0.3) is 0 Å². The lowest BCUT2D eigenvalue weighted by atomic mass is 10.2. The third-order valence-electron chi connectivity index (χ3n) is 3.63. The van der Waals surface area contributed by atoms with Gasteiger partial charge in [-0.2, -0.15) is 0 Å². The van der Waals surface area contributed by atoms with Gasteiger partial charge in [-0.05, 0) is 23.8 Å². The first-order chi connectivity index (χ1) is 13.3. The molecule has 1 aliphatic heterocycles. The fourth-order valence-electron chi connectivity index (χ4n) is 2.45. The average Bonchev–Trinajstić information content (AvgIpc) is 2.94. The van der Waals surface area contributed by atoms with E-state index in [-0.39, 0.29) is 40.3 Å². The molecule has 148 valence electrons. The summed E-state index contributed by atoms with van der Waals surface area (Å²) in [5.74, 6) is -0.0567. The summed E-state index contributed by atoms with van der Waals surface area (Å²) in [6.07, 6.45) is -3.72. The van der Waals surface area contributed by atoms with Gasteiger partial charge in [-0.15, -0.1) is 20.5 Å². The van der Waals surface area contributed by atoms with E-state index in [0.29, 0.717) is 11.3 Å². The molecule has 0 unspecified atom stereocenters. The molecule has 1 amide bonds. The number of halogens is 2. The molecule has 0 saturated carbocycles. The summed E-state index contributed by atoms with van der Waals surface area (Å²) in [5, 5.41) is 13.6. The number of benzene rings is 2. The highest BCUT2D eigenvalue weighted by atomic mass is 32.2. The number of anilines is 1. The monoisotopic (exact) mass is 412 g/mol. The van der Waals surface area contributed by atoms with Crippen LogP contribution in [0.1, 0.15) is 5.56 Å². The van der Waals surface area contributed by atoms with Crippen LogP contribution in [0.2, 0.25) is 0 Å². The van der Waals surface area contributed by atoms with Crippen molar-refractivity contribution in [2.75, 3.05) is 18.2 Å². The topological polar surface area (TPSA) is 99.9 Å². The molecule has 2 aromatic rings. The Balaban J connectivity index is 1.53. The Labute approximate surface area is 161 Å². The fourth-order valence-corrected chi connectivity index (χ4v) is 3.23. The van der Waals surface area contributed by atoms with E-state index in [9.17, 15) is 23.7 Å². The van der Waals surface area contributed by atoms with Gasteiger partial charge in [-0.25, -0.2) is 0 Å². The van der Waals surface area contributed by atoms with Gasteiger partial charge in [0.25, 0.3) is 0 Å². The molecule has 0 aliphatic carbocycles. The van der Waals surface area contributed by atoms with Crippen LogP contribution < -0.4 is 19.5 Å². The van der Waals surface area contributed by atoms with E-state index in [0.717, 1.165) is 0 Å². The lowest BCUT2D eigenvalue weighted by Crippen LogP contribution is -2.25. The van der Waals surface area contributed by atoms with Crippen molar-refractivity contribution < 1.29 is 32.7 Å². The highest BCUT2D eigenvalue weighted by Gasteiger charge is 2.43. The molecule has 1 N–H and O–H groups in total. The molecule has 0 fully saturated rings. The number of nitrogens with zero attached hydrogens (tertiary/aromatic N) is 1. The predicted octanol–water partition coefficient (Wildman–Crippen LogP) is 3.80. The second kappa shape index (κ2) is 7.89. The van der Waals surface area contributed by atoms with E-state index in [1.165, 1.54) is 49.2 Å². The molecule has 11 heteroatoms. The minimum absolute atomic E-state index is 0.0599. The summed E-state index contributed by atoms with van der Waals surface area (Å²) in [7, 11) is 1.35. The van der Waals surface area contributed by atoms with Crippen molar-refractivity contribution in [2.45, 2.75) is 12.0 Å². The number of amides is 1. The maximum Gasteiger partial charge on any atom is 0.586 e. The van der Waals surface area contributed by atoms with Crippen molar-refractivity contribution in [3.05, 3.63) is 52.1 Å². The lowest BCUT2D eigenvalue weighted by Gasteiger charge is -2.07. The summed E-state index contributed by atoms with van der Waals surface area (Å²) in [6.45, 7) is 0. The van der Waals surface area contributed by atoms with E-state index in [1.54, 1.807) is 6.07 Å². The van der Waals surface area contributed by atoms with Crippen molar-refractivity contribution in [3.8, 4) is 17.2 Å². The number of carbonyl (C=O) groups excluding carboxylic acids is 1. The minimum Gasteiger partial charge on any atom is -0.490 e. The number of nitro groups is 1. The van der Waals surface area contributed by atoms with Crippen molar-refractivity contribution in [1.29, 1.82) is 0 Å². The van der Waals surface area contributed by atoms with Crippen molar-refractivity contribution in [3.63, 3.8) is 0 Å². The molecule has 0 atom stereocenters. The second-order valence-electron chi connectivity index (χ2n) is 5.63. The normalized spacial score (nSPS) is 13.8. The summed E-state index contributed by atoms with van der Waals surface area (Å²) in [5.41, 5.74) is 0.795. The number of fused-ring (bicyclic) bond motifs is 1. The number of rotatable bonds is 7. The van der Waals surface area contributed by atoms with Crippen LogP contribution in [0.5, 0.6) is 17.2 Å². The van der Waals surface area contributed by atoms with Crippen molar-refractivity contribution in [1.82, 2.24) is 0 Å². The van der Waals surface area contributed by atoms with Gasteiger partial charge >= 0.3 is 12.0 Å². The van der Waals surface area contributed by atoms with Crippen LogP contribution in [0.4, 0.5) is 20.2 Å². The van der Waals surface area contributed by atoms with Crippen LogP contribution in [-0.2, 0) is 10.5 Å². The van der Waals surface area contributed by atoms with Gasteiger partial charge in [0, 0.05) is 23.6 Å². The maximum atomic E-state index is 13.0. The SMILES string of the molecule is COc1ccc(CSCC(=O)Nc2ccc3c(c2)OC(F)(F)O3)cc1[N+](=O)[O-]. The number of hydrogen-bond acceptors (Lipinski definition) is 7. The van der Waals surface area contributed by atoms with Crippen LogP contribution in [0.15, 0.2) is 36.4 Å². The third-order valence-corrected chi connectivity index (χ3v) is 4.63. The van der Waals surface area contributed by atoms with Gasteiger partial charge in [0.2, 0.25) is 5.91 Å². The lowest BCUT2D eigenvalue weighted by molar-refractivity contribution is -0.385. The number of nitro benzene ring substituents is 1. The standard InChI is InChI=1S/C17H14F2N2O6S/c1-25-13-4-2-10(6-12(13)21(23)24)8-28-9-16(22)20-11-3-5-14-15(7-11)27-17(18,19)26-14/h2-7H,8-9H2,1H3,(H,20,22). The zero-order valence-electron chi connectivity index (χ0n) is 14.4. The number of thioether (sulfide) groups is 1. The summed E-state index contributed by atoms with van der Waals surface area (Å²) < 4.78 is 39.5. The Kier molecular flexibility index (Phi) is 5.54. The molecular formula is C17H14F2N2O6S. The molecule has 2 aromatic carbocycles. The Morgan fingerprint density at radius 3 is 2.71 bits per heavy atom. The quantitative estimate of drug-likeness (QED) is 0.545. The first kappa shape index (κ1) is 19.7. The van der Waals surface area contributed by atoms with Gasteiger partial charge < -0.3 is 19.5 Å². The Hall–Kier alpha value is -3.08. The zero-order valence-corrected chi connectivity index (χ0v) is 15.3. The minimum atomic E-state index is -3.72. The first-order valence-corrected chi connectivity index (χ1v) is 9.01. The van der Waals surface area contributed by atoms with Gasteiger partial charge in [0.15, 0.2) is 17.2 Å². The average molecular weight is 412 g/mol. The Bertz CT molecular complexity index is 925. The van der Waals surface area contributed by atoms with Crippen molar-refractivity contribution >= 4 is 29.0 Å². The smallest absolute Gasteiger partial charge is 0.490 e. The summed E-state index contributed by atoms with van der Waals surface area (Å²) in [6, 6.07) is 8.49. The second-order valence-corrected chi connectivity index (χ2v) is 6.62. The Morgan fingerprint density at radius 2 is 2.00 bits per heavy atom. The molecule has 1 heterocycles. The molecule has 0 aromatic heterocycles. The molecule has 3 rings (SSSR count). The van der Waals surface area contributed by atoms with E-state index < -0.39 is 11.2 Å². The van der Waals surface area contributed by atoms with Crippen LogP contribution in [0, 0.1) is 10.1 Å². The zero-order chi connectivity index (χ0) is 20.3. The highest BCUT2D eigenvalue weighted by Crippen LogP contribution is 2.42. The van der Waals surface area contributed by atoms with Gasteiger partial charge in [-0.1, -0.05) is 6.07 Å². The van der Waals surface area contributed by atoms with Crippen LogP contribution >= 0.6 is 11.8 Å². The predicted molar refractivity (Wildman–Crippen MR) is 97.1 cm³/mol. The number of carbonyl (C=O) groups is 1. The number of methoxy groups -OCH3 is 1. The third kappa shape index (κ3) is 4.60. The molecule has 0 saturated heterocycles. The van der Waals surface area contributed by atoms with Crippen LogP contribution in [0.3, 0.4) is 0 Å². The van der Waals surface area contributed by atoms with E-state index in [4.69, 9.17) is 4.74 Å². The van der Waals surface area contributed by atoms with E-state index in [1.807, 2.05) is 0 Å². The summed E-state index contributed by atoms with van der Waals surface area (Å²) >= 11 is 1.24. The van der Waals surface area contributed by atoms with Gasteiger partial charge in [-0.3, -0.25) is 14.9 Å². The molecule has 0 bridgehead atoms. The molecule has 28 heavy (non-hydrogen) atoms. The van der Waals surface area contributed by atoms with Crippen LogP contribution in [-0.4, -0.2) is 30.0 Å². The molecule has 0 spiro atoms. The van der Waals surface area contributed by atoms with Gasteiger partial charge in [0.1, 0.15) is 0 Å². The fraction of sp³-hybridized carbons (Fsp3) is 0.235. The number of nitrogens with one attached hydrogen (secondary N) is 1. The maximum absolute atomic E-state index is 13.0. The Morgan fingerprint density at radius 1 is 1.25 bits per heavy atom. The molecule has 1 aliphatic rings. The number of ether oxygens (including phenoxy) is 3. The number of alkyl halides is 2. The van der Waals surface area contributed by atoms with Crippen molar-refractivity contribution in [2.24, 2.45) is 0 Å².